The molecule has 0 bridgehead atoms. The molecule has 5 rings (SSSR count). The fourth-order valence-corrected chi connectivity index (χ4v) is 4.31. The molecule has 4 aromatic rings. The fraction of sp³-hybridized carbons (Fsp3) is 0.103. The predicted molar refractivity (Wildman–Crippen MR) is 135 cm³/mol. The molecule has 2 N–H and O–H groups in total. The number of anilines is 3. The van der Waals surface area contributed by atoms with E-state index in [1.807, 2.05) is 53.4 Å². The number of carbonyl (C=O) groups excluding carboxylic acids is 2. The number of nitrogens with one attached hydrogen (secondary N) is 2. The number of rotatable bonds is 3. The van der Waals surface area contributed by atoms with E-state index in [1.165, 1.54) is 6.07 Å². The fourth-order valence-electron chi connectivity index (χ4n) is 4.31. The standard InChI is InChI=1S/C29H24FN3O2/c1-19-7-6-10-24(30)27(19)28(34)31-23-15-13-20(14-16-23)29(35)33-17-21-8-2-4-11-25(21)32-26-12-5-3-9-22(26)18-33/h2-16,32H,17-18H2,1H3,(H,31,34). The van der Waals surface area contributed by atoms with Crippen LogP contribution in [-0.4, -0.2) is 16.7 Å². The van der Waals surface area contributed by atoms with Crippen molar-refractivity contribution < 1.29 is 14.0 Å². The minimum atomic E-state index is -0.568. The summed E-state index contributed by atoms with van der Waals surface area (Å²) in [7, 11) is 0. The Morgan fingerprint density at radius 3 is 2.00 bits per heavy atom. The van der Waals surface area contributed by atoms with Gasteiger partial charge in [-0.05, 0) is 66.1 Å². The second-order valence-electron chi connectivity index (χ2n) is 8.56. The number of halogens is 1. The van der Waals surface area contributed by atoms with Crippen molar-refractivity contribution in [1.29, 1.82) is 0 Å². The first-order valence-electron chi connectivity index (χ1n) is 11.4. The van der Waals surface area contributed by atoms with Gasteiger partial charge in [-0.3, -0.25) is 9.59 Å². The third kappa shape index (κ3) is 4.64. The van der Waals surface area contributed by atoms with Gasteiger partial charge in [0.05, 0.1) is 5.56 Å². The van der Waals surface area contributed by atoms with E-state index in [0.717, 1.165) is 22.5 Å². The van der Waals surface area contributed by atoms with Crippen LogP contribution >= 0.6 is 0 Å². The van der Waals surface area contributed by atoms with Gasteiger partial charge in [-0.1, -0.05) is 48.5 Å². The Morgan fingerprint density at radius 1 is 0.800 bits per heavy atom. The second kappa shape index (κ2) is 9.43. The number of para-hydroxylation sites is 2. The number of hydrogen-bond donors (Lipinski definition) is 2. The molecule has 5 nitrogen and oxygen atoms in total. The van der Waals surface area contributed by atoms with Crippen LogP contribution in [0, 0.1) is 12.7 Å². The number of fused-ring (bicyclic) bond motifs is 2. The molecule has 1 heterocycles. The van der Waals surface area contributed by atoms with Crippen molar-refractivity contribution in [3.8, 4) is 0 Å². The van der Waals surface area contributed by atoms with Gasteiger partial charge in [0.15, 0.2) is 0 Å². The highest BCUT2D eigenvalue weighted by Crippen LogP contribution is 2.30. The second-order valence-corrected chi connectivity index (χ2v) is 8.56. The van der Waals surface area contributed by atoms with Crippen LogP contribution in [0.15, 0.2) is 91.0 Å². The van der Waals surface area contributed by atoms with E-state index in [-0.39, 0.29) is 11.5 Å². The van der Waals surface area contributed by atoms with Crippen LogP contribution < -0.4 is 10.6 Å². The molecule has 0 aromatic heterocycles. The number of benzene rings is 4. The molecule has 4 aromatic carbocycles. The molecule has 0 radical (unpaired) electrons. The molecular weight excluding hydrogens is 441 g/mol. The normalized spacial score (nSPS) is 12.5. The van der Waals surface area contributed by atoms with Gasteiger partial charge in [-0.25, -0.2) is 4.39 Å². The average molecular weight is 466 g/mol. The van der Waals surface area contributed by atoms with Crippen molar-refractivity contribution in [1.82, 2.24) is 4.90 Å². The number of nitrogens with zero attached hydrogens (tertiary/aromatic N) is 1. The van der Waals surface area contributed by atoms with Gasteiger partial charge < -0.3 is 15.5 Å². The number of hydrogen-bond acceptors (Lipinski definition) is 3. The van der Waals surface area contributed by atoms with Crippen molar-refractivity contribution >= 4 is 28.9 Å². The summed E-state index contributed by atoms with van der Waals surface area (Å²) in [5.41, 5.74) is 5.56. The molecule has 1 aliphatic rings. The van der Waals surface area contributed by atoms with E-state index < -0.39 is 11.7 Å². The summed E-state index contributed by atoms with van der Waals surface area (Å²) in [6.07, 6.45) is 0. The Hall–Kier alpha value is -4.45. The molecule has 0 spiro atoms. The summed E-state index contributed by atoms with van der Waals surface area (Å²) in [6.45, 7) is 2.61. The highest BCUT2D eigenvalue weighted by Gasteiger charge is 2.22. The molecule has 0 unspecified atom stereocenters. The van der Waals surface area contributed by atoms with Crippen molar-refractivity contribution in [2.45, 2.75) is 20.0 Å². The van der Waals surface area contributed by atoms with Crippen molar-refractivity contribution in [3.63, 3.8) is 0 Å². The first-order chi connectivity index (χ1) is 17.0. The summed E-state index contributed by atoms with van der Waals surface area (Å²) in [4.78, 5) is 27.9. The quantitative estimate of drug-likeness (QED) is 0.374. The minimum Gasteiger partial charge on any atom is -0.355 e. The van der Waals surface area contributed by atoms with Crippen molar-refractivity contribution in [2.75, 3.05) is 10.6 Å². The molecule has 0 atom stereocenters. The smallest absolute Gasteiger partial charge is 0.258 e. The van der Waals surface area contributed by atoms with E-state index in [2.05, 4.69) is 10.6 Å². The van der Waals surface area contributed by atoms with Gasteiger partial charge in [0.25, 0.3) is 11.8 Å². The lowest BCUT2D eigenvalue weighted by molar-refractivity contribution is 0.0730. The maximum absolute atomic E-state index is 14.1. The van der Waals surface area contributed by atoms with Crippen LogP contribution in [0.5, 0.6) is 0 Å². The van der Waals surface area contributed by atoms with Crippen LogP contribution in [-0.2, 0) is 13.1 Å². The summed E-state index contributed by atoms with van der Waals surface area (Å²) in [5.74, 6) is -1.20. The maximum atomic E-state index is 14.1. The summed E-state index contributed by atoms with van der Waals surface area (Å²) >= 11 is 0. The lowest BCUT2D eigenvalue weighted by Gasteiger charge is -2.28. The van der Waals surface area contributed by atoms with E-state index in [0.29, 0.717) is 29.9 Å². The topological polar surface area (TPSA) is 61.4 Å². The number of amides is 2. The Labute approximate surface area is 203 Å². The van der Waals surface area contributed by atoms with Gasteiger partial charge in [0.1, 0.15) is 5.82 Å². The molecule has 6 heteroatoms. The molecule has 1 aliphatic heterocycles. The molecule has 174 valence electrons. The van der Waals surface area contributed by atoms with Gasteiger partial charge in [-0.2, -0.15) is 0 Å². The Morgan fingerprint density at radius 2 is 1.40 bits per heavy atom. The van der Waals surface area contributed by atoms with E-state index in [9.17, 15) is 14.0 Å². The van der Waals surface area contributed by atoms with Crippen LogP contribution in [0.2, 0.25) is 0 Å². The average Bonchev–Trinajstić information content (AvgIpc) is 2.84. The SMILES string of the molecule is Cc1cccc(F)c1C(=O)Nc1ccc(C(=O)N2Cc3ccccc3Nc3ccccc3C2)cc1. The highest BCUT2D eigenvalue weighted by molar-refractivity contribution is 6.05. The van der Waals surface area contributed by atoms with Gasteiger partial charge in [0, 0.05) is 35.7 Å². The minimum absolute atomic E-state index is 0.0132. The summed E-state index contributed by atoms with van der Waals surface area (Å²) in [5, 5.41) is 6.20. The van der Waals surface area contributed by atoms with Crippen molar-refractivity contribution in [3.05, 3.63) is 125 Å². The summed E-state index contributed by atoms with van der Waals surface area (Å²) in [6, 6.07) is 27.1. The third-order valence-corrected chi connectivity index (χ3v) is 6.15. The predicted octanol–water partition coefficient (Wildman–Crippen LogP) is 6.29. The lowest BCUT2D eigenvalue weighted by Crippen LogP contribution is -2.31. The zero-order valence-corrected chi connectivity index (χ0v) is 19.2. The zero-order chi connectivity index (χ0) is 24.4. The van der Waals surface area contributed by atoms with Crippen LogP contribution in [0.1, 0.15) is 37.4 Å². The van der Waals surface area contributed by atoms with E-state index >= 15 is 0 Å². The number of carbonyl (C=O) groups is 2. The zero-order valence-electron chi connectivity index (χ0n) is 19.2. The van der Waals surface area contributed by atoms with Crippen molar-refractivity contribution in [2.24, 2.45) is 0 Å². The molecule has 35 heavy (non-hydrogen) atoms. The summed E-state index contributed by atoms with van der Waals surface area (Å²) < 4.78 is 14.1. The van der Waals surface area contributed by atoms with Gasteiger partial charge >= 0.3 is 0 Å². The van der Waals surface area contributed by atoms with Crippen LogP contribution in [0.3, 0.4) is 0 Å². The molecule has 2 amide bonds. The van der Waals surface area contributed by atoms with Gasteiger partial charge in [-0.15, -0.1) is 0 Å². The van der Waals surface area contributed by atoms with E-state index in [1.54, 1.807) is 43.3 Å². The molecule has 0 fully saturated rings. The third-order valence-electron chi connectivity index (χ3n) is 6.15. The lowest BCUT2D eigenvalue weighted by atomic mass is 10.0. The highest BCUT2D eigenvalue weighted by atomic mass is 19.1. The molecular formula is C29H24FN3O2. The first-order valence-corrected chi connectivity index (χ1v) is 11.4. The molecule has 0 saturated heterocycles. The Balaban J connectivity index is 1.38. The Kier molecular flexibility index (Phi) is 6.02. The maximum Gasteiger partial charge on any atom is 0.258 e. The van der Waals surface area contributed by atoms with Crippen LogP contribution in [0.25, 0.3) is 0 Å². The largest absolute Gasteiger partial charge is 0.355 e. The first kappa shape index (κ1) is 22.3. The van der Waals surface area contributed by atoms with Gasteiger partial charge in [0.2, 0.25) is 0 Å². The van der Waals surface area contributed by atoms with E-state index in [4.69, 9.17) is 0 Å². The number of aryl methyl sites for hydroxylation is 1. The van der Waals surface area contributed by atoms with Crippen LogP contribution in [0.4, 0.5) is 21.5 Å². The Bertz CT molecular complexity index is 1350. The monoisotopic (exact) mass is 465 g/mol. The molecule has 0 aliphatic carbocycles. The molecule has 0 saturated carbocycles.